The number of carbonyl (C=O) groups is 1. The van der Waals surface area contributed by atoms with Crippen molar-refractivity contribution in [3.8, 4) is 0 Å². The molecule has 1 amide bonds. The van der Waals surface area contributed by atoms with Gasteiger partial charge in [-0.25, -0.2) is 0 Å². The van der Waals surface area contributed by atoms with Crippen LogP contribution < -0.4 is 5.32 Å². The summed E-state index contributed by atoms with van der Waals surface area (Å²) in [5.41, 5.74) is 0. The van der Waals surface area contributed by atoms with Crippen LogP contribution in [0.3, 0.4) is 0 Å². The number of aliphatic hydroxyl groups excluding tert-OH is 7. The smallest absolute Gasteiger partial charge is 0.249 e. The molecule has 1 aliphatic rings. The highest BCUT2D eigenvalue weighted by Crippen LogP contribution is 2.23. The third-order valence-electron chi connectivity index (χ3n) is 9.82. The van der Waals surface area contributed by atoms with E-state index in [-0.39, 0.29) is 6.42 Å². The van der Waals surface area contributed by atoms with E-state index in [1.165, 1.54) is 77.0 Å². The number of nitrogens with one attached hydrogen (secondary N) is 1. The highest BCUT2D eigenvalue weighted by Gasteiger charge is 2.44. The predicted molar refractivity (Wildman–Crippen MR) is 196 cm³/mol. The number of amides is 1. The Kier molecular flexibility index (Phi) is 28.4. The van der Waals surface area contributed by atoms with E-state index in [9.17, 15) is 40.5 Å². The first-order valence-electron chi connectivity index (χ1n) is 20.1. The number of hydrogen-bond donors (Lipinski definition) is 8. The summed E-state index contributed by atoms with van der Waals surface area (Å²) < 4.78 is 10.9. The van der Waals surface area contributed by atoms with Crippen LogP contribution in [-0.2, 0) is 14.3 Å². The lowest BCUT2D eigenvalue weighted by Gasteiger charge is -2.40. The summed E-state index contributed by atoms with van der Waals surface area (Å²) in [6, 6.07) is -1.16. The van der Waals surface area contributed by atoms with E-state index in [4.69, 9.17) is 9.47 Å². The van der Waals surface area contributed by atoms with Crippen molar-refractivity contribution in [1.82, 2.24) is 5.32 Å². The number of hydrogen-bond acceptors (Lipinski definition) is 10. The van der Waals surface area contributed by atoms with E-state index in [0.29, 0.717) is 19.3 Å². The summed E-state index contributed by atoms with van der Waals surface area (Å²) in [5.74, 6) is -0.711. The minimum atomic E-state index is -1.66. The number of ether oxygens (including phenoxy) is 2. The first-order valence-corrected chi connectivity index (χ1v) is 20.1. The van der Waals surface area contributed by atoms with Crippen molar-refractivity contribution in [3.63, 3.8) is 0 Å². The summed E-state index contributed by atoms with van der Waals surface area (Å²) in [7, 11) is 0. The Labute approximate surface area is 302 Å². The molecule has 0 aromatic rings. The van der Waals surface area contributed by atoms with Gasteiger partial charge < -0.3 is 50.5 Å². The topological polar surface area (TPSA) is 189 Å². The molecule has 0 saturated carbocycles. The predicted octanol–water partition coefficient (Wildman–Crippen LogP) is 4.94. The van der Waals surface area contributed by atoms with Crippen molar-refractivity contribution in [2.24, 2.45) is 0 Å². The summed E-state index contributed by atoms with van der Waals surface area (Å²) in [4.78, 5) is 12.9. The fourth-order valence-electron chi connectivity index (χ4n) is 6.37. The van der Waals surface area contributed by atoms with E-state index in [0.717, 1.165) is 44.9 Å². The second-order valence-electron chi connectivity index (χ2n) is 14.4. The monoisotopic (exact) mass is 718 g/mol. The molecule has 0 aromatic carbocycles. The van der Waals surface area contributed by atoms with Gasteiger partial charge >= 0.3 is 0 Å². The van der Waals surface area contributed by atoms with Crippen LogP contribution in [0.25, 0.3) is 0 Å². The SMILES string of the molecule is CCCCCCCCCCCC/C=C\CCCCCCCCC(O)C(=O)NC(COC1OC(CO)C(O)C(O)C1O)C(O)C(O)CCCCC. The summed E-state index contributed by atoms with van der Waals surface area (Å²) in [6.45, 7) is 3.22. The largest absolute Gasteiger partial charge is 0.394 e. The standard InChI is InChI=1S/C39H75NO10/c1-3-5-7-8-9-10-11-12-13-14-15-16-17-18-19-20-21-22-23-25-27-32(43)38(48)40-30(34(44)31(42)26-24-6-4-2)29-49-39-37(47)36(46)35(45)33(28-41)50-39/h16-17,30-37,39,41-47H,3-15,18-29H2,1-2H3,(H,40,48)/b17-16-. The molecular formula is C39H75NO10. The van der Waals surface area contributed by atoms with Crippen LogP contribution in [0.1, 0.15) is 162 Å². The average Bonchev–Trinajstić information content (AvgIpc) is 3.11. The van der Waals surface area contributed by atoms with Gasteiger partial charge in [-0.3, -0.25) is 4.79 Å². The van der Waals surface area contributed by atoms with Gasteiger partial charge in [0.05, 0.1) is 25.4 Å². The molecule has 0 spiro atoms. The Morgan fingerprint density at radius 2 is 1.16 bits per heavy atom. The molecule has 11 nitrogen and oxygen atoms in total. The van der Waals surface area contributed by atoms with Crippen LogP contribution >= 0.6 is 0 Å². The van der Waals surface area contributed by atoms with Crippen LogP contribution in [-0.4, -0.2) is 110 Å². The molecule has 9 atom stereocenters. The van der Waals surface area contributed by atoms with Crippen molar-refractivity contribution in [3.05, 3.63) is 12.2 Å². The highest BCUT2D eigenvalue weighted by molar-refractivity contribution is 5.80. The molecule has 1 aliphatic heterocycles. The van der Waals surface area contributed by atoms with Crippen molar-refractivity contribution >= 4 is 5.91 Å². The molecule has 296 valence electrons. The number of aliphatic hydroxyl groups is 7. The fraction of sp³-hybridized carbons (Fsp3) is 0.923. The van der Waals surface area contributed by atoms with E-state index in [1.807, 2.05) is 6.92 Å². The molecule has 1 fully saturated rings. The molecule has 0 aliphatic carbocycles. The number of rotatable bonds is 32. The number of allylic oxidation sites excluding steroid dienone is 2. The van der Waals surface area contributed by atoms with Gasteiger partial charge in [-0.2, -0.15) is 0 Å². The summed E-state index contributed by atoms with van der Waals surface area (Å²) in [6.07, 6.45) is 18.1. The third kappa shape index (κ3) is 20.8. The zero-order chi connectivity index (χ0) is 37.0. The fourth-order valence-corrected chi connectivity index (χ4v) is 6.37. The van der Waals surface area contributed by atoms with Gasteiger partial charge in [0.2, 0.25) is 5.91 Å². The summed E-state index contributed by atoms with van der Waals surface area (Å²) >= 11 is 0. The molecule has 0 aromatic heterocycles. The molecule has 9 unspecified atom stereocenters. The molecule has 0 bridgehead atoms. The second-order valence-corrected chi connectivity index (χ2v) is 14.4. The maximum Gasteiger partial charge on any atom is 0.249 e. The number of carbonyl (C=O) groups excluding carboxylic acids is 1. The molecule has 1 rings (SSSR count). The minimum absolute atomic E-state index is 0.253. The zero-order valence-corrected chi connectivity index (χ0v) is 31.4. The van der Waals surface area contributed by atoms with Crippen molar-refractivity contribution in [1.29, 1.82) is 0 Å². The lowest BCUT2D eigenvalue weighted by atomic mass is 9.98. The molecule has 50 heavy (non-hydrogen) atoms. The Morgan fingerprint density at radius 1 is 0.680 bits per heavy atom. The van der Waals surface area contributed by atoms with Gasteiger partial charge in [-0.05, 0) is 38.5 Å². The van der Waals surface area contributed by atoms with Gasteiger partial charge in [0.15, 0.2) is 6.29 Å². The van der Waals surface area contributed by atoms with Crippen LogP contribution in [0.2, 0.25) is 0 Å². The Balaban J connectivity index is 2.31. The lowest BCUT2D eigenvalue weighted by molar-refractivity contribution is -0.303. The van der Waals surface area contributed by atoms with Gasteiger partial charge in [0.25, 0.3) is 0 Å². The van der Waals surface area contributed by atoms with Crippen molar-refractivity contribution < 1.29 is 50.0 Å². The van der Waals surface area contributed by atoms with Gasteiger partial charge in [0, 0.05) is 0 Å². The van der Waals surface area contributed by atoms with Crippen molar-refractivity contribution in [2.45, 2.75) is 217 Å². The van der Waals surface area contributed by atoms with Gasteiger partial charge in [0.1, 0.15) is 36.6 Å². The molecule has 8 N–H and O–H groups in total. The van der Waals surface area contributed by atoms with Gasteiger partial charge in [-0.1, -0.05) is 135 Å². The summed E-state index contributed by atoms with van der Waals surface area (Å²) in [5, 5.41) is 74.4. The van der Waals surface area contributed by atoms with E-state index < -0.39 is 74.2 Å². The minimum Gasteiger partial charge on any atom is -0.394 e. The lowest BCUT2D eigenvalue weighted by Crippen LogP contribution is -2.60. The van der Waals surface area contributed by atoms with Crippen LogP contribution in [0, 0.1) is 0 Å². The molecule has 0 radical (unpaired) electrons. The Morgan fingerprint density at radius 3 is 1.70 bits per heavy atom. The third-order valence-corrected chi connectivity index (χ3v) is 9.82. The quantitative estimate of drug-likeness (QED) is 0.0350. The van der Waals surface area contributed by atoms with Crippen LogP contribution in [0.4, 0.5) is 0 Å². The Hall–Kier alpha value is -1.15. The van der Waals surface area contributed by atoms with Gasteiger partial charge in [-0.15, -0.1) is 0 Å². The molecule has 1 heterocycles. The Bertz CT molecular complexity index is 831. The second kappa shape index (κ2) is 30.3. The maximum atomic E-state index is 12.9. The first-order chi connectivity index (χ1) is 24.2. The number of unbranched alkanes of at least 4 members (excludes halogenated alkanes) is 18. The van der Waals surface area contributed by atoms with E-state index >= 15 is 0 Å². The van der Waals surface area contributed by atoms with Crippen LogP contribution in [0.5, 0.6) is 0 Å². The maximum absolute atomic E-state index is 12.9. The zero-order valence-electron chi connectivity index (χ0n) is 31.4. The van der Waals surface area contributed by atoms with Crippen LogP contribution in [0.15, 0.2) is 12.2 Å². The van der Waals surface area contributed by atoms with Crippen molar-refractivity contribution in [2.75, 3.05) is 13.2 Å². The normalized spacial score (nSPS) is 23.6. The van der Waals surface area contributed by atoms with E-state index in [2.05, 4.69) is 24.4 Å². The highest BCUT2D eigenvalue weighted by atomic mass is 16.7. The molecule has 1 saturated heterocycles. The molecule has 11 heteroatoms. The average molecular weight is 718 g/mol. The van der Waals surface area contributed by atoms with E-state index in [1.54, 1.807) is 0 Å². The molecular weight excluding hydrogens is 642 g/mol. The first kappa shape index (κ1) is 46.9.